The number of rotatable bonds is 4. The van der Waals surface area contributed by atoms with Gasteiger partial charge in [0.15, 0.2) is 5.82 Å². The molecule has 0 radical (unpaired) electrons. The van der Waals surface area contributed by atoms with E-state index in [1.807, 2.05) is 6.92 Å². The number of carbonyl (C=O) groups excluding carboxylic acids is 3. The van der Waals surface area contributed by atoms with Gasteiger partial charge in [-0.2, -0.15) is 4.68 Å². The topological polar surface area (TPSA) is 122 Å². The number of imide groups is 1. The molecule has 10 nitrogen and oxygen atoms in total. The van der Waals surface area contributed by atoms with E-state index < -0.39 is 29.8 Å². The van der Waals surface area contributed by atoms with Crippen molar-refractivity contribution in [3.8, 4) is 5.69 Å². The van der Waals surface area contributed by atoms with Crippen LogP contribution in [0.2, 0.25) is 0 Å². The fraction of sp³-hybridized carbons (Fsp3) is 0.474. The average molecular weight is 415 g/mol. The van der Waals surface area contributed by atoms with Gasteiger partial charge in [0.1, 0.15) is 23.6 Å². The summed E-state index contributed by atoms with van der Waals surface area (Å²) in [5.74, 6) is -1.10. The zero-order valence-electron chi connectivity index (χ0n) is 16.7. The molecule has 30 heavy (non-hydrogen) atoms. The van der Waals surface area contributed by atoms with E-state index in [9.17, 15) is 18.8 Å². The summed E-state index contributed by atoms with van der Waals surface area (Å²) >= 11 is 0. The maximum atomic E-state index is 14.2. The maximum absolute atomic E-state index is 14.2. The first-order valence-electron chi connectivity index (χ1n) is 9.81. The molecular formula is C19H22FN7O3. The largest absolute Gasteiger partial charge is 0.325 e. The van der Waals surface area contributed by atoms with E-state index >= 15 is 0 Å². The van der Waals surface area contributed by atoms with Gasteiger partial charge in [-0.05, 0) is 54.3 Å². The van der Waals surface area contributed by atoms with Crippen LogP contribution >= 0.6 is 0 Å². The van der Waals surface area contributed by atoms with Crippen molar-refractivity contribution in [2.45, 2.75) is 45.1 Å². The predicted octanol–water partition coefficient (Wildman–Crippen LogP) is 1.55. The predicted molar refractivity (Wildman–Crippen MR) is 103 cm³/mol. The quantitative estimate of drug-likeness (QED) is 0.731. The second kappa shape index (κ2) is 7.47. The Morgan fingerprint density at radius 2 is 2.17 bits per heavy atom. The minimum Gasteiger partial charge on any atom is -0.324 e. The maximum Gasteiger partial charge on any atom is 0.325 e. The first-order valence-corrected chi connectivity index (χ1v) is 9.81. The minimum atomic E-state index is -0.920. The number of anilines is 1. The second-order valence-electron chi connectivity index (χ2n) is 7.79. The standard InChI is InChI=1S/C19H22FN7O3/c1-11-5-3-4-8-19(11)17(29)26(18(30)22-19)10-16(28)21-13-6-7-14(20)15(9-13)27-12(2)23-24-25-27/h6-7,9,11H,3-5,8,10H2,1-2H3,(H,21,28)(H,22,30). The molecule has 1 saturated carbocycles. The molecule has 158 valence electrons. The normalized spacial score (nSPS) is 23.7. The molecule has 1 aliphatic heterocycles. The van der Waals surface area contributed by atoms with Crippen LogP contribution in [0.3, 0.4) is 0 Å². The van der Waals surface area contributed by atoms with Crippen LogP contribution in [0.5, 0.6) is 0 Å². The summed E-state index contributed by atoms with van der Waals surface area (Å²) in [7, 11) is 0. The lowest BCUT2D eigenvalue weighted by Gasteiger charge is -2.36. The molecule has 1 aromatic heterocycles. The van der Waals surface area contributed by atoms with Crippen LogP contribution in [0.15, 0.2) is 18.2 Å². The van der Waals surface area contributed by atoms with E-state index in [0.29, 0.717) is 17.9 Å². The number of urea groups is 1. The number of tetrazole rings is 1. The molecule has 2 aliphatic rings. The Morgan fingerprint density at radius 1 is 1.37 bits per heavy atom. The highest BCUT2D eigenvalue weighted by molar-refractivity contribution is 6.10. The number of hydrogen-bond donors (Lipinski definition) is 2. The van der Waals surface area contributed by atoms with E-state index in [-0.39, 0.29) is 17.5 Å². The molecule has 2 heterocycles. The van der Waals surface area contributed by atoms with E-state index in [1.54, 1.807) is 6.92 Å². The third-order valence-corrected chi connectivity index (χ3v) is 5.89. The van der Waals surface area contributed by atoms with Gasteiger partial charge in [-0.25, -0.2) is 9.18 Å². The van der Waals surface area contributed by atoms with Gasteiger partial charge in [0.2, 0.25) is 5.91 Å². The van der Waals surface area contributed by atoms with Gasteiger partial charge in [-0.15, -0.1) is 5.10 Å². The molecule has 2 fully saturated rings. The zero-order valence-corrected chi connectivity index (χ0v) is 16.7. The van der Waals surface area contributed by atoms with E-state index in [4.69, 9.17) is 0 Å². The number of carbonyl (C=O) groups is 3. The van der Waals surface area contributed by atoms with Crippen molar-refractivity contribution < 1.29 is 18.8 Å². The Bertz CT molecular complexity index is 1020. The Kier molecular flexibility index (Phi) is 4.96. The number of nitrogens with one attached hydrogen (secondary N) is 2. The van der Waals surface area contributed by atoms with Crippen LogP contribution in [0.1, 0.15) is 38.4 Å². The molecule has 1 aliphatic carbocycles. The van der Waals surface area contributed by atoms with Crippen molar-refractivity contribution in [2.24, 2.45) is 5.92 Å². The lowest BCUT2D eigenvalue weighted by molar-refractivity contribution is -0.136. The summed E-state index contributed by atoms with van der Waals surface area (Å²) in [6.45, 7) is 3.14. The van der Waals surface area contributed by atoms with E-state index in [2.05, 4.69) is 26.2 Å². The van der Waals surface area contributed by atoms with Crippen molar-refractivity contribution in [3.63, 3.8) is 0 Å². The van der Waals surface area contributed by atoms with E-state index in [1.165, 1.54) is 22.9 Å². The van der Waals surface area contributed by atoms with Crippen LogP contribution < -0.4 is 10.6 Å². The summed E-state index contributed by atoms with van der Waals surface area (Å²) in [5.41, 5.74) is -0.560. The molecule has 1 aromatic carbocycles. The third kappa shape index (κ3) is 3.29. The molecule has 0 bridgehead atoms. The number of aryl methyl sites for hydroxylation is 1. The molecule has 2 N–H and O–H groups in total. The summed E-state index contributed by atoms with van der Waals surface area (Å²) in [6.07, 6.45) is 3.29. The fourth-order valence-corrected chi connectivity index (χ4v) is 4.19. The lowest BCUT2D eigenvalue weighted by atomic mass is 9.73. The number of aromatic nitrogens is 4. The van der Waals surface area contributed by atoms with Gasteiger partial charge in [0.05, 0.1) is 0 Å². The molecule has 4 rings (SSSR count). The van der Waals surface area contributed by atoms with Gasteiger partial charge < -0.3 is 10.6 Å². The molecule has 11 heteroatoms. The molecule has 1 saturated heterocycles. The Morgan fingerprint density at radius 3 is 2.87 bits per heavy atom. The third-order valence-electron chi connectivity index (χ3n) is 5.89. The summed E-state index contributed by atoms with van der Waals surface area (Å²) in [4.78, 5) is 38.9. The number of hydrogen-bond acceptors (Lipinski definition) is 6. The second-order valence-corrected chi connectivity index (χ2v) is 7.79. The number of nitrogens with zero attached hydrogens (tertiary/aromatic N) is 5. The molecular weight excluding hydrogens is 393 g/mol. The molecule has 1 spiro atoms. The average Bonchev–Trinajstić information content (AvgIpc) is 3.23. The van der Waals surface area contributed by atoms with Gasteiger partial charge in [0.25, 0.3) is 5.91 Å². The van der Waals surface area contributed by atoms with Crippen molar-refractivity contribution >= 4 is 23.5 Å². The van der Waals surface area contributed by atoms with Crippen molar-refractivity contribution in [3.05, 3.63) is 29.8 Å². The van der Waals surface area contributed by atoms with Gasteiger partial charge >= 0.3 is 6.03 Å². The SMILES string of the molecule is Cc1nnnn1-c1cc(NC(=O)CN2C(=O)NC3(CCCCC3C)C2=O)ccc1F. The van der Waals surface area contributed by atoms with Crippen molar-refractivity contribution in [2.75, 3.05) is 11.9 Å². The summed E-state index contributed by atoms with van der Waals surface area (Å²) in [6, 6.07) is 3.38. The van der Waals surface area contributed by atoms with Crippen LogP contribution in [0.4, 0.5) is 14.9 Å². The Hall–Kier alpha value is -3.37. The van der Waals surface area contributed by atoms with Gasteiger partial charge in [-0.3, -0.25) is 14.5 Å². The van der Waals surface area contributed by atoms with Gasteiger partial charge in [-0.1, -0.05) is 19.8 Å². The molecule has 4 amide bonds. The summed E-state index contributed by atoms with van der Waals surface area (Å²) < 4.78 is 15.4. The molecule has 2 atom stereocenters. The van der Waals surface area contributed by atoms with Crippen LogP contribution in [0, 0.1) is 18.7 Å². The summed E-state index contributed by atoms with van der Waals surface area (Å²) in [5, 5.41) is 16.3. The van der Waals surface area contributed by atoms with Crippen molar-refractivity contribution in [1.82, 2.24) is 30.4 Å². The first kappa shape index (κ1) is 19.9. The smallest absolute Gasteiger partial charge is 0.324 e. The minimum absolute atomic E-state index is 0.00921. The van der Waals surface area contributed by atoms with E-state index in [0.717, 1.165) is 24.2 Å². The van der Waals surface area contributed by atoms with Crippen LogP contribution in [-0.2, 0) is 9.59 Å². The fourth-order valence-electron chi connectivity index (χ4n) is 4.19. The number of amides is 4. The Balaban J connectivity index is 1.48. The van der Waals surface area contributed by atoms with Crippen molar-refractivity contribution in [1.29, 1.82) is 0 Å². The lowest BCUT2D eigenvalue weighted by Crippen LogP contribution is -2.54. The first-order chi connectivity index (χ1) is 14.3. The zero-order chi connectivity index (χ0) is 21.5. The van der Waals surface area contributed by atoms with Crippen LogP contribution in [-0.4, -0.2) is 55.0 Å². The Labute approximate surface area is 171 Å². The van der Waals surface area contributed by atoms with Gasteiger partial charge in [0, 0.05) is 5.69 Å². The molecule has 2 unspecified atom stereocenters. The number of benzene rings is 1. The molecule has 2 aromatic rings. The highest BCUT2D eigenvalue weighted by Crippen LogP contribution is 2.38. The highest BCUT2D eigenvalue weighted by atomic mass is 19.1. The monoisotopic (exact) mass is 415 g/mol. The highest BCUT2D eigenvalue weighted by Gasteiger charge is 2.55. The van der Waals surface area contributed by atoms with Crippen LogP contribution in [0.25, 0.3) is 5.69 Å². The number of halogens is 1.